The lowest BCUT2D eigenvalue weighted by Crippen LogP contribution is -2.60. The highest BCUT2D eigenvalue weighted by molar-refractivity contribution is 5.94. The minimum absolute atomic E-state index is 0.0347. The number of hydrogen-bond donors (Lipinski definition) is 1. The number of anilines is 1. The molecule has 4 rings (SSSR count). The Hall–Kier alpha value is -2.70. The highest BCUT2D eigenvalue weighted by Crippen LogP contribution is 2.33. The third kappa shape index (κ3) is 5.37. The molecule has 0 aromatic heterocycles. The molecule has 170 valence electrons. The molecule has 0 aliphatic carbocycles. The molecule has 2 fully saturated rings. The van der Waals surface area contributed by atoms with Gasteiger partial charge >= 0.3 is 0 Å². The molecule has 2 aliphatic rings. The second-order valence-electron chi connectivity index (χ2n) is 9.09. The molecule has 0 saturated carbocycles. The van der Waals surface area contributed by atoms with Gasteiger partial charge in [-0.05, 0) is 49.9 Å². The first-order chi connectivity index (χ1) is 15.4. The van der Waals surface area contributed by atoms with Crippen molar-refractivity contribution in [2.24, 2.45) is 0 Å². The monoisotopic (exact) mass is 435 g/mol. The molecule has 2 aliphatic heterocycles. The van der Waals surface area contributed by atoms with E-state index in [0.29, 0.717) is 13.1 Å². The summed E-state index contributed by atoms with van der Waals surface area (Å²) in [5.74, 6) is 0.0488. The van der Waals surface area contributed by atoms with Crippen LogP contribution in [-0.2, 0) is 16.0 Å². The Morgan fingerprint density at radius 3 is 2.47 bits per heavy atom. The third-order valence-electron chi connectivity index (χ3n) is 6.51. The van der Waals surface area contributed by atoms with Crippen molar-refractivity contribution >= 4 is 17.5 Å². The molecule has 0 radical (unpaired) electrons. The summed E-state index contributed by atoms with van der Waals surface area (Å²) in [6.45, 7) is 7.73. The summed E-state index contributed by atoms with van der Waals surface area (Å²) >= 11 is 0. The smallest absolute Gasteiger partial charge is 0.254 e. The zero-order valence-electron chi connectivity index (χ0n) is 19.0. The van der Waals surface area contributed by atoms with E-state index in [1.54, 1.807) is 0 Å². The van der Waals surface area contributed by atoms with Crippen LogP contribution in [0.4, 0.5) is 5.69 Å². The highest BCUT2D eigenvalue weighted by Gasteiger charge is 2.43. The van der Waals surface area contributed by atoms with Gasteiger partial charge in [-0.2, -0.15) is 0 Å². The summed E-state index contributed by atoms with van der Waals surface area (Å²) < 4.78 is 6.44. The summed E-state index contributed by atoms with van der Waals surface area (Å²) in [7, 11) is 0. The van der Waals surface area contributed by atoms with Crippen LogP contribution < -0.4 is 5.32 Å². The Morgan fingerprint density at radius 2 is 1.75 bits per heavy atom. The number of piperidine rings is 1. The first-order valence-electron chi connectivity index (χ1n) is 11.5. The second kappa shape index (κ2) is 9.84. The van der Waals surface area contributed by atoms with E-state index in [9.17, 15) is 9.59 Å². The molecular weight excluding hydrogens is 402 g/mol. The number of para-hydroxylation sites is 1. The van der Waals surface area contributed by atoms with Crippen LogP contribution >= 0.6 is 0 Å². The number of carbonyl (C=O) groups is 2. The van der Waals surface area contributed by atoms with Gasteiger partial charge in [-0.1, -0.05) is 36.4 Å². The van der Waals surface area contributed by atoms with E-state index >= 15 is 0 Å². The highest BCUT2D eigenvalue weighted by atomic mass is 16.5. The molecule has 2 aromatic carbocycles. The van der Waals surface area contributed by atoms with Gasteiger partial charge in [-0.3, -0.25) is 9.59 Å². The average molecular weight is 436 g/mol. The summed E-state index contributed by atoms with van der Waals surface area (Å²) in [6, 6.07) is 17.5. The van der Waals surface area contributed by atoms with Crippen molar-refractivity contribution in [3.63, 3.8) is 0 Å². The molecule has 32 heavy (non-hydrogen) atoms. The molecule has 2 saturated heterocycles. The zero-order chi connectivity index (χ0) is 22.6. The van der Waals surface area contributed by atoms with Crippen LogP contribution in [0.15, 0.2) is 54.6 Å². The topological polar surface area (TPSA) is 61.9 Å². The lowest BCUT2D eigenvalue weighted by molar-refractivity contribution is -0.161. The predicted molar refractivity (Wildman–Crippen MR) is 126 cm³/mol. The van der Waals surface area contributed by atoms with E-state index in [0.717, 1.165) is 55.7 Å². The molecule has 1 N–H and O–H groups in total. The SMILES string of the molecule is CC(=O)Nc1ccccc1CCN1CCC2(CC1)CN(C(=O)c1ccccc1)CC(C)O2. The van der Waals surface area contributed by atoms with Gasteiger partial charge in [0.05, 0.1) is 18.2 Å². The number of morpholine rings is 1. The summed E-state index contributed by atoms with van der Waals surface area (Å²) in [5, 5.41) is 2.93. The van der Waals surface area contributed by atoms with Gasteiger partial charge in [0.1, 0.15) is 0 Å². The van der Waals surface area contributed by atoms with Crippen LogP contribution in [0.3, 0.4) is 0 Å². The molecular formula is C26H33N3O3. The van der Waals surface area contributed by atoms with E-state index in [1.165, 1.54) is 6.92 Å². The quantitative estimate of drug-likeness (QED) is 0.780. The second-order valence-corrected chi connectivity index (χ2v) is 9.09. The van der Waals surface area contributed by atoms with Crippen LogP contribution in [-0.4, -0.2) is 66.0 Å². The largest absolute Gasteiger partial charge is 0.368 e. The van der Waals surface area contributed by atoms with Crippen LogP contribution in [0.2, 0.25) is 0 Å². The van der Waals surface area contributed by atoms with Gasteiger partial charge in [-0.15, -0.1) is 0 Å². The molecule has 2 amide bonds. The molecule has 0 bridgehead atoms. The molecule has 2 aromatic rings. The van der Waals surface area contributed by atoms with E-state index in [2.05, 4.69) is 23.2 Å². The summed E-state index contributed by atoms with van der Waals surface area (Å²) in [5.41, 5.74) is 2.54. The number of hydrogen-bond acceptors (Lipinski definition) is 4. The maximum absolute atomic E-state index is 13.0. The summed E-state index contributed by atoms with van der Waals surface area (Å²) in [4.78, 5) is 28.9. The normalized spacial score (nSPS) is 20.8. The first kappa shape index (κ1) is 22.5. The van der Waals surface area contributed by atoms with Crippen LogP contribution in [0.25, 0.3) is 0 Å². The van der Waals surface area contributed by atoms with Crippen LogP contribution in [0.5, 0.6) is 0 Å². The fraction of sp³-hybridized carbons (Fsp3) is 0.462. The molecule has 6 heteroatoms. The molecule has 2 heterocycles. The van der Waals surface area contributed by atoms with Crippen molar-refractivity contribution < 1.29 is 14.3 Å². The number of amides is 2. The Labute approximate surface area is 190 Å². The number of nitrogens with one attached hydrogen (secondary N) is 1. The van der Waals surface area contributed by atoms with Gasteiger partial charge in [-0.25, -0.2) is 0 Å². The van der Waals surface area contributed by atoms with Crippen LogP contribution in [0.1, 0.15) is 42.6 Å². The Balaban J connectivity index is 1.34. The molecule has 6 nitrogen and oxygen atoms in total. The first-order valence-corrected chi connectivity index (χ1v) is 11.5. The fourth-order valence-electron chi connectivity index (χ4n) is 4.93. The maximum Gasteiger partial charge on any atom is 0.254 e. The minimum atomic E-state index is -0.257. The molecule has 1 spiro atoms. The molecule has 1 atom stereocenters. The minimum Gasteiger partial charge on any atom is -0.368 e. The number of carbonyl (C=O) groups excluding carboxylic acids is 2. The van der Waals surface area contributed by atoms with Gasteiger partial charge in [0.15, 0.2) is 0 Å². The summed E-state index contributed by atoms with van der Waals surface area (Å²) in [6.07, 6.45) is 2.76. The Kier molecular flexibility index (Phi) is 6.92. The van der Waals surface area contributed by atoms with Crippen molar-refractivity contribution in [2.45, 2.75) is 44.8 Å². The van der Waals surface area contributed by atoms with Gasteiger partial charge in [0.25, 0.3) is 5.91 Å². The predicted octanol–water partition coefficient (Wildman–Crippen LogP) is 3.58. The molecule has 1 unspecified atom stereocenters. The van der Waals surface area contributed by atoms with E-state index < -0.39 is 0 Å². The standard InChI is InChI=1S/C26H33N3O3/c1-20-18-29(25(31)23-9-4-3-5-10-23)19-26(32-20)13-16-28(17-14-26)15-12-22-8-6-7-11-24(22)27-21(2)30/h3-11,20H,12-19H2,1-2H3,(H,27,30). The number of rotatable bonds is 5. The van der Waals surface area contributed by atoms with E-state index in [1.807, 2.05) is 53.4 Å². The van der Waals surface area contributed by atoms with Gasteiger partial charge < -0.3 is 19.9 Å². The lowest BCUT2D eigenvalue weighted by Gasteiger charge is -2.49. The van der Waals surface area contributed by atoms with Crippen molar-refractivity contribution in [3.05, 3.63) is 65.7 Å². The zero-order valence-corrected chi connectivity index (χ0v) is 19.0. The Bertz CT molecular complexity index is 938. The number of likely N-dealkylation sites (tertiary alicyclic amines) is 1. The number of nitrogens with zero attached hydrogens (tertiary/aromatic N) is 2. The third-order valence-corrected chi connectivity index (χ3v) is 6.51. The fourth-order valence-corrected chi connectivity index (χ4v) is 4.93. The van der Waals surface area contributed by atoms with Crippen molar-refractivity contribution in [1.29, 1.82) is 0 Å². The van der Waals surface area contributed by atoms with E-state index in [-0.39, 0.29) is 23.5 Å². The van der Waals surface area contributed by atoms with Gasteiger partial charge in [0, 0.05) is 44.4 Å². The Morgan fingerprint density at radius 1 is 1.06 bits per heavy atom. The average Bonchev–Trinajstić information content (AvgIpc) is 2.79. The maximum atomic E-state index is 13.0. The number of benzene rings is 2. The number of ether oxygens (including phenoxy) is 1. The van der Waals surface area contributed by atoms with Crippen molar-refractivity contribution in [1.82, 2.24) is 9.80 Å². The van der Waals surface area contributed by atoms with Crippen molar-refractivity contribution in [3.8, 4) is 0 Å². The van der Waals surface area contributed by atoms with E-state index in [4.69, 9.17) is 4.74 Å². The lowest BCUT2D eigenvalue weighted by atomic mass is 9.88. The van der Waals surface area contributed by atoms with Gasteiger partial charge in [0.2, 0.25) is 5.91 Å². The van der Waals surface area contributed by atoms with Crippen molar-refractivity contribution in [2.75, 3.05) is 38.0 Å². The van der Waals surface area contributed by atoms with Crippen LogP contribution in [0, 0.1) is 0 Å².